The number of halogens is 1. The van der Waals surface area contributed by atoms with Gasteiger partial charge in [-0.3, -0.25) is 14.4 Å². The van der Waals surface area contributed by atoms with E-state index in [0.717, 1.165) is 0 Å². The van der Waals surface area contributed by atoms with Gasteiger partial charge in [0.25, 0.3) is 0 Å². The van der Waals surface area contributed by atoms with Gasteiger partial charge in [-0.05, 0) is 23.6 Å². The van der Waals surface area contributed by atoms with Gasteiger partial charge in [0.05, 0.1) is 22.4 Å². The van der Waals surface area contributed by atoms with E-state index in [-0.39, 0.29) is 10.6 Å². The van der Waals surface area contributed by atoms with Crippen molar-refractivity contribution in [3.63, 3.8) is 0 Å². The molecule has 0 spiro atoms. The first-order valence-electron chi connectivity index (χ1n) is 6.29. The SMILES string of the molecule is CC1(C)C(C(=O)O)C1C(=O)Nc1ccc(Cl)c(C(N)=O)c1. The summed E-state index contributed by atoms with van der Waals surface area (Å²) in [6.07, 6.45) is 0. The van der Waals surface area contributed by atoms with Crippen molar-refractivity contribution in [3.05, 3.63) is 28.8 Å². The number of nitrogens with two attached hydrogens (primary N) is 1. The average molecular weight is 311 g/mol. The summed E-state index contributed by atoms with van der Waals surface area (Å²) in [7, 11) is 0. The molecule has 2 rings (SSSR count). The lowest BCUT2D eigenvalue weighted by atomic mass is 10.1. The zero-order valence-electron chi connectivity index (χ0n) is 11.5. The second-order valence-electron chi connectivity index (χ2n) is 5.66. The van der Waals surface area contributed by atoms with E-state index in [4.69, 9.17) is 22.4 Å². The van der Waals surface area contributed by atoms with Crippen molar-refractivity contribution in [1.82, 2.24) is 0 Å². The minimum atomic E-state index is -0.992. The van der Waals surface area contributed by atoms with Crippen molar-refractivity contribution in [2.75, 3.05) is 5.32 Å². The van der Waals surface area contributed by atoms with Crippen LogP contribution in [0.4, 0.5) is 5.69 Å². The number of nitrogens with one attached hydrogen (secondary N) is 1. The number of anilines is 1. The summed E-state index contributed by atoms with van der Waals surface area (Å²) in [4.78, 5) is 34.4. The normalized spacial score (nSPS) is 22.4. The Hall–Kier alpha value is -2.08. The maximum atomic E-state index is 12.1. The molecular formula is C14H15ClN2O4. The fourth-order valence-electron chi connectivity index (χ4n) is 2.60. The van der Waals surface area contributed by atoms with Crippen LogP contribution in [-0.4, -0.2) is 22.9 Å². The smallest absolute Gasteiger partial charge is 0.307 e. The molecule has 2 atom stereocenters. The highest BCUT2D eigenvalue weighted by Crippen LogP contribution is 2.58. The number of carboxylic acid groups (broad SMARTS) is 1. The quantitative estimate of drug-likeness (QED) is 0.786. The van der Waals surface area contributed by atoms with Crippen LogP contribution in [0, 0.1) is 17.3 Å². The van der Waals surface area contributed by atoms with Crippen LogP contribution in [-0.2, 0) is 9.59 Å². The Bertz CT molecular complexity index is 642. The van der Waals surface area contributed by atoms with Crippen LogP contribution in [0.1, 0.15) is 24.2 Å². The van der Waals surface area contributed by atoms with Gasteiger partial charge in [-0.2, -0.15) is 0 Å². The molecule has 1 aliphatic rings. The van der Waals surface area contributed by atoms with E-state index in [2.05, 4.69) is 5.32 Å². The molecule has 112 valence electrons. The predicted molar refractivity (Wildman–Crippen MR) is 77.0 cm³/mol. The third-order valence-electron chi connectivity index (χ3n) is 3.88. The third kappa shape index (κ3) is 2.71. The molecule has 2 amide bonds. The summed E-state index contributed by atoms with van der Waals surface area (Å²) >= 11 is 5.82. The molecule has 0 aromatic heterocycles. The number of carboxylic acids is 1. The summed E-state index contributed by atoms with van der Waals surface area (Å²) in [6.45, 7) is 3.46. The minimum Gasteiger partial charge on any atom is -0.481 e. The van der Waals surface area contributed by atoms with Crippen molar-refractivity contribution >= 4 is 35.1 Å². The lowest BCUT2D eigenvalue weighted by Crippen LogP contribution is -2.18. The summed E-state index contributed by atoms with van der Waals surface area (Å²) in [5.74, 6) is -3.41. The zero-order valence-corrected chi connectivity index (χ0v) is 12.3. The van der Waals surface area contributed by atoms with E-state index in [1.807, 2.05) is 0 Å². The maximum Gasteiger partial charge on any atom is 0.307 e. The van der Waals surface area contributed by atoms with Crippen LogP contribution in [0.15, 0.2) is 18.2 Å². The molecule has 1 aromatic carbocycles. The molecule has 0 saturated heterocycles. The van der Waals surface area contributed by atoms with E-state index in [1.54, 1.807) is 13.8 Å². The molecular weight excluding hydrogens is 296 g/mol. The van der Waals surface area contributed by atoms with Crippen LogP contribution in [0.3, 0.4) is 0 Å². The molecule has 2 unspecified atom stereocenters. The van der Waals surface area contributed by atoms with Crippen molar-refractivity contribution in [2.45, 2.75) is 13.8 Å². The lowest BCUT2D eigenvalue weighted by Gasteiger charge is -2.08. The van der Waals surface area contributed by atoms with Gasteiger partial charge in [-0.1, -0.05) is 25.4 Å². The van der Waals surface area contributed by atoms with E-state index in [0.29, 0.717) is 5.69 Å². The number of carbonyl (C=O) groups is 3. The molecule has 0 aliphatic heterocycles. The Kier molecular flexibility index (Phi) is 3.67. The molecule has 1 saturated carbocycles. The molecule has 0 heterocycles. The number of rotatable bonds is 4. The van der Waals surface area contributed by atoms with Crippen LogP contribution >= 0.6 is 11.6 Å². The zero-order chi connectivity index (χ0) is 15.9. The van der Waals surface area contributed by atoms with Gasteiger partial charge in [0.1, 0.15) is 0 Å². The van der Waals surface area contributed by atoms with Gasteiger partial charge in [-0.25, -0.2) is 0 Å². The largest absolute Gasteiger partial charge is 0.481 e. The highest BCUT2D eigenvalue weighted by Gasteiger charge is 2.65. The standard InChI is InChI=1S/C14H15ClN2O4/c1-14(2)9(10(14)13(20)21)12(19)17-6-3-4-8(15)7(5-6)11(16)18/h3-5,9-10H,1-2H3,(H2,16,18)(H,17,19)(H,20,21). The molecule has 0 bridgehead atoms. The van der Waals surface area contributed by atoms with Gasteiger partial charge in [0.15, 0.2) is 0 Å². The van der Waals surface area contributed by atoms with E-state index < -0.39 is 35.0 Å². The highest BCUT2D eigenvalue weighted by molar-refractivity contribution is 6.34. The minimum absolute atomic E-state index is 0.0966. The number of primary amides is 1. The first-order chi connectivity index (χ1) is 9.66. The van der Waals surface area contributed by atoms with Crippen LogP contribution in [0.2, 0.25) is 5.02 Å². The van der Waals surface area contributed by atoms with Crippen molar-refractivity contribution in [1.29, 1.82) is 0 Å². The fraction of sp³-hybridized carbons (Fsp3) is 0.357. The van der Waals surface area contributed by atoms with Gasteiger partial charge in [0, 0.05) is 5.69 Å². The molecule has 1 aliphatic carbocycles. The van der Waals surface area contributed by atoms with Gasteiger partial charge in [-0.15, -0.1) is 0 Å². The summed E-state index contributed by atoms with van der Waals surface area (Å²) < 4.78 is 0. The number of carbonyl (C=O) groups excluding carboxylic acids is 2. The fourth-order valence-corrected chi connectivity index (χ4v) is 2.81. The van der Waals surface area contributed by atoms with Crippen molar-refractivity contribution in [3.8, 4) is 0 Å². The van der Waals surface area contributed by atoms with Crippen LogP contribution in [0.5, 0.6) is 0 Å². The van der Waals surface area contributed by atoms with Gasteiger partial charge in [0.2, 0.25) is 11.8 Å². The molecule has 7 heteroatoms. The number of hydrogen-bond acceptors (Lipinski definition) is 3. The molecule has 0 radical (unpaired) electrons. The highest BCUT2D eigenvalue weighted by atomic mass is 35.5. The van der Waals surface area contributed by atoms with E-state index in [1.165, 1.54) is 18.2 Å². The molecule has 1 fully saturated rings. The Morgan fingerprint density at radius 1 is 1.29 bits per heavy atom. The Morgan fingerprint density at radius 3 is 2.38 bits per heavy atom. The summed E-state index contributed by atoms with van der Waals surface area (Å²) in [6, 6.07) is 4.34. The Balaban J connectivity index is 2.17. The molecule has 21 heavy (non-hydrogen) atoms. The van der Waals surface area contributed by atoms with Crippen molar-refractivity contribution < 1.29 is 19.5 Å². The van der Waals surface area contributed by atoms with Gasteiger partial charge >= 0.3 is 5.97 Å². The first-order valence-corrected chi connectivity index (χ1v) is 6.67. The Labute approximate surface area is 126 Å². The third-order valence-corrected chi connectivity index (χ3v) is 4.20. The van der Waals surface area contributed by atoms with Crippen LogP contribution < -0.4 is 11.1 Å². The maximum absolute atomic E-state index is 12.1. The predicted octanol–water partition coefficient (Wildman–Crippen LogP) is 1.73. The summed E-state index contributed by atoms with van der Waals surface area (Å²) in [5.41, 5.74) is 5.04. The second-order valence-corrected chi connectivity index (χ2v) is 6.07. The monoisotopic (exact) mass is 310 g/mol. The molecule has 4 N–H and O–H groups in total. The average Bonchev–Trinajstić information content (AvgIpc) is 2.94. The van der Waals surface area contributed by atoms with Crippen LogP contribution in [0.25, 0.3) is 0 Å². The summed E-state index contributed by atoms with van der Waals surface area (Å²) in [5, 5.41) is 11.9. The lowest BCUT2D eigenvalue weighted by molar-refractivity contribution is -0.140. The number of benzene rings is 1. The molecule has 6 nitrogen and oxygen atoms in total. The van der Waals surface area contributed by atoms with Gasteiger partial charge < -0.3 is 16.2 Å². The first kappa shape index (κ1) is 15.3. The Morgan fingerprint density at radius 2 is 1.90 bits per heavy atom. The van der Waals surface area contributed by atoms with E-state index >= 15 is 0 Å². The number of hydrogen-bond donors (Lipinski definition) is 3. The van der Waals surface area contributed by atoms with E-state index in [9.17, 15) is 14.4 Å². The second kappa shape index (κ2) is 5.04. The topological polar surface area (TPSA) is 109 Å². The van der Waals surface area contributed by atoms with Crippen molar-refractivity contribution in [2.24, 2.45) is 23.0 Å². The number of amides is 2. The number of aliphatic carboxylic acids is 1. The molecule has 1 aromatic rings.